The molecule has 0 fully saturated rings. The van der Waals surface area contributed by atoms with Crippen molar-refractivity contribution in [2.24, 2.45) is 0 Å². The first kappa shape index (κ1) is 21.4. The Hall–Kier alpha value is 1.10. The van der Waals surface area contributed by atoms with Gasteiger partial charge in [0.15, 0.2) is 0 Å². The van der Waals surface area contributed by atoms with Crippen LogP contribution in [0.1, 0.15) is 96.8 Å². The van der Waals surface area contributed by atoms with E-state index in [2.05, 4.69) is 6.92 Å². The molecule has 0 aromatic heterocycles. The fraction of sp³-hybridized carbons (Fsp3) is 1.00. The number of halogens is 1. The molecule has 0 saturated carbocycles. The molecule has 0 bridgehead atoms. The van der Waals surface area contributed by atoms with Crippen LogP contribution >= 0.6 is 0 Å². The van der Waals surface area contributed by atoms with Crippen molar-refractivity contribution in [3.63, 3.8) is 0 Å². The smallest absolute Gasteiger partial charge is 1.00 e. The Morgan fingerprint density at radius 1 is 0.500 bits per heavy atom. The van der Waals surface area contributed by atoms with Crippen LogP contribution in [0, 0.1) is 0 Å². The molecule has 0 nitrogen and oxygen atoms in total. The Labute approximate surface area is 137 Å². The van der Waals surface area contributed by atoms with Crippen LogP contribution in [0.2, 0.25) is 5.02 Å². The van der Waals surface area contributed by atoms with Gasteiger partial charge in [0.25, 0.3) is 0 Å². The van der Waals surface area contributed by atoms with Crippen LogP contribution in [-0.2, 0) is 18.3 Å². The van der Waals surface area contributed by atoms with Gasteiger partial charge < -0.3 is 17.0 Å². The van der Waals surface area contributed by atoms with E-state index in [9.17, 15) is 0 Å². The molecule has 0 amide bonds. The van der Waals surface area contributed by atoms with Gasteiger partial charge in [0.2, 0.25) is 0 Å². The summed E-state index contributed by atoms with van der Waals surface area (Å²) >= 11 is 1.50. The summed E-state index contributed by atoms with van der Waals surface area (Å²) in [5.74, 6) is 0. The first-order valence-corrected chi connectivity index (χ1v) is 10.3. The van der Waals surface area contributed by atoms with Gasteiger partial charge >= 0.3 is 93.9 Å². The minimum atomic E-state index is 0. The molecule has 2 heteroatoms. The van der Waals surface area contributed by atoms with Crippen LogP contribution in [0.25, 0.3) is 0 Å². The van der Waals surface area contributed by atoms with Crippen molar-refractivity contribution in [3.05, 3.63) is 0 Å². The predicted molar refractivity (Wildman–Crippen MR) is 75.1 cm³/mol. The second kappa shape index (κ2) is 20.4. The van der Waals surface area contributed by atoms with E-state index in [0.717, 1.165) is 0 Å². The monoisotopic (exact) mass is 368 g/mol. The number of hydrogen-bond donors (Lipinski definition) is 0. The van der Waals surface area contributed by atoms with Gasteiger partial charge in [-0.2, -0.15) is 0 Å². The van der Waals surface area contributed by atoms with Gasteiger partial charge in [0.1, 0.15) is 0 Å². The molecule has 0 aliphatic rings. The summed E-state index contributed by atoms with van der Waals surface area (Å²) in [4.78, 5) is 0. The summed E-state index contributed by atoms with van der Waals surface area (Å²) in [5, 5.41) is 1.50. The summed E-state index contributed by atoms with van der Waals surface area (Å²) in [6, 6.07) is 0. The zero-order chi connectivity index (χ0) is 12.6. The van der Waals surface area contributed by atoms with Crippen molar-refractivity contribution in [1.29, 1.82) is 0 Å². The summed E-state index contributed by atoms with van der Waals surface area (Å²) < 4.78 is 0. The van der Waals surface area contributed by atoms with E-state index in [4.69, 9.17) is 0 Å². The standard InChI is InChI=1S/C16H33.BrH.Zn/c1-3-5-7-9-11-13-15-16-14-12-10-8-6-4-2;;/h1,3-16H2,2H3;1H;/q;;+1/p-1. The SMILES string of the molecule is CCCCCCCCCCCCCCC[CH2][Zn+].[Br-]. The van der Waals surface area contributed by atoms with E-state index in [1.165, 1.54) is 113 Å². The third kappa shape index (κ3) is 19.4. The molecule has 0 spiro atoms. The van der Waals surface area contributed by atoms with Crippen LogP contribution in [0.15, 0.2) is 0 Å². The minimum absolute atomic E-state index is 0. The topological polar surface area (TPSA) is 0 Å². The van der Waals surface area contributed by atoms with E-state index in [1.807, 2.05) is 0 Å². The Morgan fingerprint density at radius 2 is 0.778 bits per heavy atom. The van der Waals surface area contributed by atoms with Crippen molar-refractivity contribution in [3.8, 4) is 0 Å². The maximum atomic E-state index is 2.29. The van der Waals surface area contributed by atoms with Gasteiger partial charge in [-0.3, -0.25) is 0 Å². The van der Waals surface area contributed by atoms with Crippen molar-refractivity contribution < 1.29 is 35.3 Å². The molecule has 0 heterocycles. The second-order valence-corrected chi connectivity index (χ2v) is 6.93. The predicted octanol–water partition coefficient (Wildman–Crippen LogP) is 3.44. The zero-order valence-electron chi connectivity index (χ0n) is 12.7. The molecular formula is C16H33BrZn. The number of rotatable bonds is 14. The van der Waals surface area contributed by atoms with Crippen LogP contribution in [-0.4, -0.2) is 0 Å². The van der Waals surface area contributed by atoms with E-state index in [0.29, 0.717) is 0 Å². The minimum Gasteiger partial charge on any atom is -1.00 e. The average molecular weight is 371 g/mol. The molecule has 0 atom stereocenters. The summed E-state index contributed by atoms with van der Waals surface area (Å²) in [6.45, 7) is 2.29. The Bertz CT molecular complexity index is 114. The van der Waals surface area contributed by atoms with Crippen molar-refractivity contribution >= 4 is 0 Å². The van der Waals surface area contributed by atoms with Gasteiger partial charge in [-0.05, 0) is 0 Å². The quantitative estimate of drug-likeness (QED) is 0.324. The van der Waals surface area contributed by atoms with E-state index in [-0.39, 0.29) is 17.0 Å². The Morgan fingerprint density at radius 3 is 1.06 bits per heavy atom. The van der Waals surface area contributed by atoms with Crippen molar-refractivity contribution in [2.45, 2.75) is 102 Å². The van der Waals surface area contributed by atoms with Gasteiger partial charge in [-0.25, -0.2) is 0 Å². The Kier molecular flexibility index (Phi) is 24.3. The molecule has 0 rings (SSSR count). The third-order valence-electron chi connectivity index (χ3n) is 3.60. The van der Waals surface area contributed by atoms with Crippen molar-refractivity contribution in [2.75, 3.05) is 0 Å². The summed E-state index contributed by atoms with van der Waals surface area (Å²) in [6.07, 6.45) is 20.7. The molecule has 0 aromatic rings. The second-order valence-electron chi connectivity index (χ2n) is 5.45. The van der Waals surface area contributed by atoms with Crippen molar-refractivity contribution in [1.82, 2.24) is 0 Å². The first-order chi connectivity index (χ1) is 8.41. The third-order valence-corrected chi connectivity index (χ3v) is 4.65. The van der Waals surface area contributed by atoms with Crippen LogP contribution < -0.4 is 17.0 Å². The maximum Gasteiger partial charge on any atom is -1.00 e. The maximum absolute atomic E-state index is 2.29. The molecule has 18 heavy (non-hydrogen) atoms. The first-order valence-electron chi connectivity index (χ1n) is 8.21. The summed E-state index contributed by atoms with van der Waals surface area (Å²) in [7, 11) is 0. The van der Waals surface area contributed by atoms with Gasteiger partial charge in [-0.1, -0.05) is 26.2 Å². The van der Waals surface area contributed by atoms with E-state index < -0.39 is 0 Å². The largest absolute Gasteiger partial charge is 1.00 e. The van der Waals surface area contributed by atoms with Crippen LogP contribution in [0.5, 0.6) is 0 Å². The number of unbranched alkanes of at least 4 members (excludes halogenated alkanes) is 13. The van der Waals surface area contributed by atoms with Gasteiger partial charge in [0.05, 0.1) is 0 Å². The molecule has 0 aromatic carbocycles. The molecule has 0 radical (unpaired) electrons. The Balaban J connectivity index is 0. The molecule has 0 unspecified atom stereocenters. The normalized spacial score (nSPS) is 10.4. The molecule has 0 saturated heterocycles. The van der Waals surface area contributed by atoms with Crippen LogP contribution in [0.4, 0.5) is 0 Å². The summed E-state index contributed by atoms with van der Waals surface area (Å²) in [5.41, 5.74) is 0. The van der Waals surface area contributed by atoms with E-state index in [1.54, 1.807) is 0 Å². The fourth-order valence-electron chi connectivity index (χ4n) is 2.37. The molecular weight excluding hydrogens is 337 g/mol. The molecule has 0 aliphatic heterocycles. The van der Waals surface area contributed by atoms with Gasteiger partial charge in [0, 0.05) is 0 Å². The number of hydrogen-bond acceptors (Lipinski definition) is 0. The van der Waals surface area contributed by atoms with E-state index >= 15 is 0 Å². The zero-order valence-corrected chi connectivity index (χ0v) is 17.2. The molecule has 0 aliphatic carbocycles. The fourth-order valence-corrected chi connectivity index (χ4v) is 3.11. The molecule has 106 valence electrons. The molecule has 0 N–H and O–H groups in total. The van der Waals surface area contributed by atoms with Crippen LogP contribution in [0.3, 0.4) is 0 Å². The van der Waals surface area contributed by atoms with Gasteiger partial charge in [-0.15, -0.1) is 0 Å². The average Bonchev–Trinajstić information content (AvgIpc) is 2.35.